The molecule has 26 heavy (non-hydrogen) atoms. The van der Waals surface area contributed by atoms with E-state index in [4.69, 9.17) is 4.74 Å². The van der Waals surface area contributed by atoms with Crippen LogP contribution in [-0.2, 0) is 9.53 Å². The van der Waals surface area contributed by atoms with Crippen LogP contribution in [0.3, 0.4) is 0 Å². The Balaban J connectivity index is 3.31. The van der Waals surface area contributed by atoms with Crippen LogP contribution >= 0.6 is 0 Å². The number of carbonyl (C=O) groups is 1. The van der Waals surface area contributed by atoms with Crippen molar-refractivity contribution in [2.24, 2.45) is 0 Å². The molecule has 3 nitrogen and oxygen atoms in total. The normalized spacial score (nSPS) is 12.2. The van der Waals surface area contributed by atoms with Gasteiger partial charge in [0, 0.05) is 13.0 Å². The van der Waals surface area contributed by atoms with Gasteiger partial charge in [0.1, 0.15) is 0 Å². The highest BCUT2D eigenvalue weighted by Crippen LogP contribution is 2.08. The molecule has 0 atom stereocenters. The van der Waals surface area contributed by atoms with Crippen LogP contribution in [0, 0.1) is 0 Å². The van der Waals surface area contributed by atoms with Crippen molar-refractivity contribution in [2.45, 2.75) is 77.6 Å². The van der Waals surface area contributed by atoms with E-state index in [9.17, 15) is 4.79 Å². The molecule has 0 aromatic rings. The van der Waals surface area contributed by atoms with Crippen LogP contribution in [0.15, 0.2) is 36.5 Å². The van der Waals surface area contributed by atoms with Gasteiger partial charge in [-0.15, -0.1) is 0 Å². The zero-order chi connectivity index (χ0) is 19.3. The largest absolute Gasteiger partial charge is 0.466 e. The van der Waals surface area contributed by atoms with Crippen LogP contribution in [0.1, 0.15) is 77.6 Å². The molecular weight excluding hydrogens is 322 g/mol. The van der Waals surface area contributed by atoms with Crippen LogP contribution in [0.4, 0.5) is 0 Å². The Morgan fingerprint density at radius 2 is 1.42 bits per heavy atom. The first-order valence-corrected chi connectivity index (χ1v) is 10.4. The fourth-order valence-corrected chi connectivity index (χ4v) is 2.53. The van der Waals surface area contributed by atoms with Crippen molar-refractivity contribution in [3.63, 3.8) is 0 Å². The van der Waals surface area contributed by atoms with E-state index in [1.807, 2.05) is 14.1 Å². The lowest BCUT2D eigenvalue weighted by Gasteiger charge is -2.09. The zero-order valence-corrected chi connectivity index (χ0v) is 17.4. The molecule has 0 spiro atoms. The van der Waals surface area contributed by atoms with Gasteiger partial charge in [-0.3, -0.25) is 4.79 Å². The number of nitrogens with zero attached hydrogens (tertiary/aromatic N) is 1. The van der Waals surface area contributed by atoms with E-state index in [-0.39, 0.29) is 5.97 Å². The summed E-state index contributed by atoms with van der Waals surface area (Å²) in [6.07, 6.45) is 25.1. The molecule has 0 amide bonds. The molecule has 0 aromatic carbocycles. The van der Waals surface area contributed by atoms with Crippen molar-refractivity contribution in [3.8, 4) is 0 Å². The van der Waals surface area contributed by atoms with Gasteiger partial charge in [-0.2, -0.15) is 0 Å². The maximum atomic E-state index is 11.6. The predicted molar refractivity (Wildman–Crippen MR) is 113 cm³/mol. The van der Waals surface area contributed by atoms with E-state index in [0.717, 1.165) is 51.5 Å². The Kier molecular flexibility index (Phi) is 18.9. The maximum absolute atomic E-state index is 11.6. The Morgan fingerprint density at radius 3 is 2.12 bits per heavy atom. The van der Waals surface area contributed by atoms with Crippen molar-refractivity contribution in [1.29, 1.82) is 0 Å². The molecule has 0 unspecified atom stereocenters. The molecule has 0 aliphatic heterocycles. The van der Waals surface area contributed by atoms with Gasteiger partial charge >= 0.3 is 5.97 Å². The van der Waals surface area contributed by atoms with E-state index in [1.54, 1.807) is 0 Å². The lowest BCUT2D eigenvalue weighted by atomic mass is 10.1. The summed E-state index contributed by atoms with van der Waals surface area (Å²) in [4.78, 5) is 13.7. The van der Waals surface area contributed by atoms with E-state index >= 15 is 0 Å². The second kappa shape index (κ2) is 20.0. The average Bonchev–Trinajstić information content (AvgIpc) is 2.62. The van der Waals surface area contributed by atoms with Gasteiger partial charge in [0.2, 0.25) is 0 Å². The first-order valence-electron chi connectivity index (χ1n) is 10.4. The minimum Gasteiger partial charge on any atom is -0.466 e. The highest BCUT2D eigenvalue weighted by molar-refractivity contribution is 5.69. The maximum Gasteiger partial charge on any atom is 0.305 e. The lowest BCUT2D eigenvalue weighted by molar-refractivity contribution is -0.143. The van der Waals surface area contributed by atoms with E-state index in [2.05, 4.69) is 48.3 Å². The highest BCUT2D eigenvalue weighted by atomic mass is 16.5. The van der Waals surface area contributed by atoms with E-state index in [1.165, 1.54) is 19.3 Å². The monoisotopic (exact) mass is 363 g/mol. The predicted octanol–water partition coefficient (Wildman–Crippen LogP) is 6.07. The third-order valence-corrected chi connectivity index (χ3v) is 4.04. The molecule has 0 aromatic heterocycles. The van der Waals surface area contributed by atoms with Crippen molar-refractivity contribution in [3.05, 3.63) is 36.5 Å². The molecule has 0 radical (unpaired) electrons. The molecule has 0 heterocycles. The smallest absolute Gasteiger partial charge is 0.305 e. The summed E-state index contributed by atoms with van der Waals surface area (Å²) in [5.74, 6) is -0.0371. The molecular formula is C23H41NO2. The van der Waals surface area contributed by atoms with Gasteiger partial charge in [0.25, 0.3) is 0 Å². The summed E-state index contributed by atoms with van der Waals surface area (Å²) in [6, 6.07) is 0. The number of unbranched alkanes of at least 4 members (excludes halogenated alkanes) is 5. The van der Waals surface area contributed by atoms with Gasteiger partial charge in [0.15, 0.2) is 0 Å². The molecule has 150 valence electrons. The minimum atomic E-state index is -0.0371. The summed E-state index contributed by atoms with van der Waals surface area (Å²) in [7, 11) is 4.06. The number of rotatable bonds is 17. The SMILES string of the molecule is CC/C=C\C/C=C\C/C=C\CCCCCCCC(=O)OCCCN(C)C. The molecule has 0 aliphatic carbocycles. The zero-order valence-electron chi connectivity index (χ0n) is 17.4. The van der Waals surface area contributed by atoms with Crippen molar-refractivity contribution >= 4 is 5.97 Å². The number of esters is 1. The summed E-state index contributed by atoms with van der Waals surface area (Å²) in [5, 5.41) is 0. The average molecular weight is 364 g/mol. The third-order valence-electron chi connectivity index (χ3n) is 4.04. The van der Waals surface area contributed by atoms with Crippen LogP contribution in [0.5, 0.6) is 0 Å². The Labute approximate surface area is 162 Å². The van der Waals surface area contributed by atoms with E-state index < -0.39 is 0 Å². The Hall–Kier alpha value is -1.35. The molecule has 0 saturated carbocycles. The van der Waals surface area contributed by atoms with Gasteiger partial charge in [0.05, 0.1) is 6.61 Å². The minimum absolute atomic E-state index is 0.0371. The van der Waals surface area contributed by atoms with Gasteiger partial charge < -0.3 is 9.64 Å². The number of hydrogen-bond acceptors (Lipinski definition) is 3. The lowest BCUT2D eigenvalue weighted by Crippen LogP contribution is -2.16. The molecule has 0 rings (SSSR count). The van der Waals surface area contributed by atoms with Crippen molar-refractivity contribution in [1.82, 2.24) is 4.90 Å². The summed E-state index contributed by atoms with van der Waals surface area (Å²) in [6.45, 7) is 3.67. The molecule has 0 aliphatic rings. The van der Waals surface area contributed by atoms with Crippen LogP contribution in [0.2, 0.25) is 0 Å². The first kappa shape index (κ1) is 24.7. The third kappa shape index (κ3) is 20.7. The summed E-state index contributed by atoms with van der Waals surface area (Å²) >= 11 is 0. The number of allylic oxidation sites excluding steroid dienone is 6. The molecule has 3 heteroatoms. The van der Waals surface area contributed by atoms with Crippen LogP contribution in [-0.4, -0.2) is 38.1 Å². The van der Waals surface area contributed by atoms with Gasteiger partial charge in [-0.1, -0.05) is 62.6 Å². The van der Waals surface area contributed by atoms with Gasteiger partial charge in [-0.05, 0) is 59.0 Å². The second-order valence-corrected chi connectivity index (χ2v) is 6.98. The van der Waals surface area contributed by atoms with Crippen LogP contribution in [0.25, 0.3) is 0 Å². The van der Waals surface area contributed by atoms with Gasteiger partial charge in [-0.25, -0.2) is 0 Å². The Morgan fingerprint density at radius 1 is 0.808 bits per heavy atom. The fraction of sp³-hybridized carbons (Fsp3) is 0.696. The van der Waals surface area contributed by atoms with Crippen molar-refractivity contribution in [2.75, 3.05) is 27.2 Å². The highest BCUT2D eigenvalue weighted by Gasteiger charge is 2.02. The van der Waals surface area contributed by atoms with Crippen LogP contribution < -0.4 is 0 Å². The topological polar surface area (TPSA) is 29.5 Å². The number of hydrogen-bond donors (Lipinski definition) is 0. The van der Waals surface area contributed by atoms with E-state index in [0.29, 0.717) is 13.0 Å². The number of carbonyl (C=O) groups excluding carboxylic acids is 1. The summed E-state index contributed by atoms with van der Waals surface area (Å²) in [5.41, 5.74) is 0. The standard InChI is InChI=1S/C23H41NO2/c1-4-5-6-7-8-9-10-11-12-13-14-15-16-17-18-20-23(25)26-22-19-21-24(2)3/h5-6,8-9,11-12H,4,7,10,13-22H2,1-3H3/b6-5-,9-8-,12-11-. The Bertz CT molecular complexity index is 397. The summed E-state index contributed by atoms with van der Waals surface area (Å²) < 4.78 is 5.23. The fourth-order valence-electron chi connectivity index (χ4n) is 2.53. The quantitative estimate of drug-likeness (QED) is 0.178. The molecule has 0 N–H and O–H groups in total. The first-order chi connectivity index (χ1) is 12.7. The van der Waals surface area contributed by atoms with Crippen molar-refractivity contribution < 1.29 is 9.53 Å². The second-order valence-electron chi connectivity index (χ2n) is 6.98. The molecule has 0 bridgehead atoms. The molecule has 0 fully saturated rings. The number of ether oxygens (including phenoxy) is 1. The molecule has 0 saturated heterocycles.